The minimum Gasteiger partial charge on any atom is -0.393 e. The van der Waals surface area contributed by atoms with E-state index in [0.29, 0.717) is 11.5 Å². The normalized spacial score (nSPS) is 26.2. The van der Waals surface area contributed by atoms with Crippen LogP contribution in [0, 0.1) is 0 Å². The van der Waals surface area contributed by atoms with Crippen LogP contribution in [0.2, 0.25) is 0 Å². The largest absolute Gasteiger partial charge is 0.393 e. The summed E-state index contributed by atoms with van der Waals surface area (Å²) in [6, 6.07) is 7.51. The van der Waals surface area contributed by atoms with Gasteiger partial charge in [-0.2, -0.15) is 5.10 Å². The summed E-state index contributed by atoms with van der Waals surface area (Å²) in [5.41, 5.74) is 2.40. The van der Waals surface area contributed by atoms with E-state index in [4.69, 9.17) is 19.8 Å². The monoisotopic (exact) mass is 477 g/mol. The molecule has 2 unspecified atom stereocenters. The fourth-order valence-corrected chi connectivity index (χ4v) is 5.53. The molecule has 3 aliphatic rings. The van der Waals surface area contributed by atoms with Crippen LogP contribution in [-0.4, -0.2) is 69.3 Å². The Morgan fingerprint density at radius 3 is 2.43 bits per heavy atom. The second kappa shape index (κ2) is 9.09. The number of benzene rings is 1. The molecule has 35 heavy (non-hydrogen) atoms. The molecule has 2 bridgehead atoms. The van der Waals surface area contributed by atoms with Crippen molar-refractivity contribution in [2.75, 3.05) is 30.4 Å². The highest BCUT2D eigenvalue weighted by Gasteiger charge is 2.35. The molecule has 3 N–H and O–H groups in total. The Hall–Kier alpha value is -3.24. The number of aromatic nitrogens is 4. The van der Waals surface area contributed by atoms with Crippen molar-refractivity contribution in [1.82, 2.24) is 25.1 Å². The molecule has 1 aliphatic carbocycles. The van der Waals surface area contributed by atoms with Gasteiger partial charge in [-0.15, -0.1) is 0 Å². The van der Waals surface area contributed by atoms with Crippen molar-refractivity contribution in [1.29, 1.82) is 0 Å². The van der Waals surface area contributed by atoms with Gasteiger partial charge in [0, 0.05) is 31.4 Å². The first-order valence-corrected chi connectivity index (χ1v) is 12.5. The third-order valence-corrected chi connectivity index (χ3v) is 7.42. The van der Waals surface area contributed by atoms with Crippen molar-refractivity contribution in [3.8, 4) is 11.4 Å². The molecule has 3 aromatic rings. The van der Waals surface area contributed by atoms with Crippen molar-refractivity contribution in [2.45, 2.75) is 62.9 Å². The van der Waals surface area contributed by atoms with Gasteiger partial charge in [-0.25, -0.2) is 19.4 Å². The van der Waals surface area contributed by atoms with Crippen molar-refractivity contribution in [3.05, 3.63) is 30.5 Å². The fourth-order valence-electron chi connectivity index (χ4n) is 5.53. The molecular weight excluding hydrogens is 446 g/mol. The maximum absolute atomic E-state index is 11.7. The van der Waals surface area contributed by atoms with Gasteiger partial charge in [0.2, 0.25) is 0 Å². The first-order chi connectivity index (χ1) is 17.1. The number of morpholine rings is 1. The van der Waals surface area contributed by atoms with Crippen LogP contribution in [0.1, 0.15) is 44.6 Å². The molecule has 1 aromatic carbocycles. The summed E-state index contributed by atoms with van der Waals surface area (Å²) < 4.78 is 8.11. The van der Waals surface area contributed by atoms with Gasteiger partial charge < -0.3 is 25.4 Å². The second-order valence-corrected chi connectivity index (χ2v) is 9.80. The average Bonchev–Trinajstić information content (AvgIpc) is 3.46. The Kier molecular flexibility index (Phi) is 5.77. The third-order valence-electron chi connectivity index (χ3n) is 7.42. The van der Waals surface area contributed by atoms with Gasteiger partial charge in [0.15, 0.2) is 11.5 Å². The van der Waals surface area contributed by atoms with Crippen molar-refractivity contribution in [2.24, 2.45) is 0 Å². The van der Waals surface area contributed by atoms with E-state index in [1.165, 1.54) is 0 Å². The lowest BCUT2D eigenvalue weighted by Gasteiger charge is -2.33. The minimum atomic E-state index is -0.263. The Balaban J connectivity index is 1.40. The zero-order valence-electron chi connectivity index (χ0n) is 19.9. The number of hydrogen-bond donors (Lipinski definition) is 3. The van der Waals surface area contributed by atoms with E-state index in [1.807, 2.05) is 35.1 Å². The average molecular weight is 478 g/mol. The van der Waals surface area contributed by atoms with Gasteiger partial charge in [-0.3, -0.25) is 0 Å². The van der Waals surface area contributed by atoms with E-state index < -0.39 is 0 Å². The van der Waals surface area contributed by atoms with Gasteiger partial charge in [0.25, 0.3) is 0 Å². The summed E-state index contributed by atoms with van der Waals surface area (Å²) in [5, 5.41) is 21.1. The van der Waals surface area contributed by atoms with Crippen LogP contribution in [0.3, 0.4) is 0 Å². The number of amides is 2. The summed E-state index contributed by atoms with van der Waals surface area (Å²) in [7, 11) is 1.59. The molecule has 0 radical (unpaired) electrons. The lowest BCUT2D eigenvalue weighted by molar-refractivity contribution is 0.0303. The molecule has 1 saturated carbocycles. The summed E-state index contributed by atoms with van der Waals surface area (Å²) in [6.07, 6.45) is 7.67. The number of urea groups is 1. The second-order valence-electron chi connectivity index (χ2n) is 9.80. The molecule has 2 amide bonds. The number of fused-ring (bicyclic) bond motifs is 3. The number of nitrogens with one attached hydrogen (secondary N) is 2. The van der Waals surface area contributed by atoms with Crippen molar-refractivity contribution >= 4 is 28.6 Å². The first-order valence-electron chi connectivity index (χ1n) is 12.5. The molecule has 4 heterocycles. The number of aliphatic hydroxyl groups is 1. The van der Waals surface area contributed by atoms with Crippen molar-refractivity contribution in [3.63, 3.8) is 0 Å². The first kappa shape index (κ1) is 22.2. The number of ether oxygens (including phenoxy) is 1. The molecule has 2 atom stereocenters. The minimum absolute atomic E-state index is 0.214. The van der Waals surface area contributed by atoms with E-state index in [1.54, 1.807) is 7.05 Å². The quantitative estimate of drug-likeness (QED) is 0.529. The molecule has 2 aliphatic heterocycles. The lowest BCUT2D eigenvalue weighted by Crippen LogP contribution is -2.43. The van der Waals surface area contributed by atoms with Crippen LogP contribution in [0.5, 0.6) is 0 Å². The van der Waals surface area contributed by atoms with E-state index in [0.717, 1.165) is 74.0 Å². The Labute approximate surface area is 203 Å². The summed E-state index contributed by atoms with van der Waals surface area (Å²) in [4.78, 5) is 24.0. The van der Waals surface area contributed by atoms with Gasteiger partial charge in [0.05, 0.1) is 35.9 Å². The Morgan fingerprint density at radius 2 is 1.74 bits per heavy atom. The number of aliphatic hydroxyl groups excluding tert-OH is 1. The van der Waals surface area contributed by atoms with Crippen LogP contribution < -0.4 is 15.5 Å². The molecule has 184 valence electrons. The van der Waals surface area contributed by atoms with E-state index in [-0.39, 0.29) is 30.4 Å². The molecule has 10 nitrogen and oxygen atoms in total. The van der Waals surface area contributed by atoms with Crippen molar-refractivity contribution < 1.29 is 14.6 Å². The standard InChI is InChI=1S/C25H31N7O3/c1-26-25(34)28-16-4-2-15(3-5-16)22-29-23(31-13-19-10-11-20(14-31)35-19)21-12-27-32(24(21)30-22)17-6-8-18(33)9-7-17/h2-5,12,17-20,33H,6-11,13-14H2,1H3,(H2,26,28,34)/t17-,18-,19?,20?. The van der Waals surface area contributed by atoms with E-state index in [9.17, 15) is 9.90 Å². The number of carbonyl (C=O) groups is 1. The molecule has 2 saturated heterocycles. The predicted molar refractivity (Wildman–Crippen MR) is 132 cm³/mol. The molecule has 3 fully saturated rings. The number of anilines is 2. The molecular formula is C25H31N7O3. The summed E-state index contributed by atoms with van der Waals surface area (Å²) in [6.45, 7) is 1.63. The SMILES string of the molecule is CNC(=O)Nc1ccc(-c2nc(N3CC4CCC(C3)O4)c3cnn([C@H]4CC[C@H](O)CC4)c3n2)cc1. The lowest BCUT2D eigenvalue weighted by atomic mass is 9.93. The summed E-state index contributed by atoms with van der Waals surface area (Å²) in [5.74, 6) is 1.54. The fraction of sp³-hybridized carbons (Fsp3) is 0.520. The number of hydrogen-bond acceptors (Lipinski definition) is 7. The zero-order chi connectivity index (χ0) is 23.9. The predicted octanol–water partition coefficient (Wildman–Crippen LogP) is 3.09. The highest BCUT2D eigenvalue weighted by molar-refractivity contribution is 5.90. The van der Waals surface area contributed by atoms with Gasteiger partial charge in [-0.05, 0) is 62.8 Å². The number of rotatable bonds is 4. The maximum Gasteiger partial charge on any atom is 0.318 e. The van der Waals surface area contributed by atoms with E-state index in [2.05, 4.69) is 15.5 Å². The molecule has 10 heteroatoms. The molecule has 0 spiro atoms. The van der Waals surface area contributed by atoms with Crippen LogP contribution >= 0.6 is 0 Å². The summed E-state index contributed by atoms with van der Waals surface area (Å²) >= 11 is 0. The van der Waals surface area contributed by atoms with Crippen LogP contribution in [0.4, 0.5) is 16.3 Å². The number of nitrogens with zero attached hydrogens (tertiary/aromatic N) is 5. The van der Waals surface area contributed by atoms with E-state index >= 15 is 0 Å². The topological polar surface area (TPSA) is 117 Å². The Morgan fingerprint density at radius 1 is 1.03 bits per heavy atom. The highest BCUT2D eigenvalue weighted by Crippen LogP contribution is 2.36. The van der Waals surface area contributed by atoms with Gasteiger partial charge in [-0.1, -0.05) is 0 Å². The van der Waals surface area contributed by atoms with Gasteiger partial charge in [0.1, 0.15) is 5.82 Å². The van der Waals surface area contributed by atoms with Crippen LogP contribution in [-0.2, 0) is 4.74 Å². The van der Waals surface area contributed by atoms with Crippen LogP contribution in [0.25, 0.3) is 22.4 Å². The molecule has 6 rings (SSSR count). The number of carbonyl (C=O) groups excluding carboxylic acids is 1. The highest BCUT2D eigenvalue weighted by atomic mass is 16.5. The third kappa shape index (κ3) is 4.32. The van der Waals surface area contributed by atoms with Crippen LogP contribution in [0.15, 0.2) is 30.5 Å². The zero-order valence-corrected chi connectivity index (χ0v) is 19.9. The Bertz CT molecular complexity index is 1210. The smallest absolute Gasteiger partial charge is 0.318 e. The van der Waals surface area contributed by atoms with Gasteiger partial charge >= 0.3 is 6.03 Å². The maximum atomic E-state index is 11.7. The molecule has 2 aromatic heterocycles.